The molecule has 0 bridgehead atoms. The van der Waals surface area contributed by atoms with E-state index in [-0.39, 0.29) is 6.10 Å². The van der Waals surface area contributed by atoms with Gasteiger partial charge in [-0.05, 0) is 20.3 Å². The smallest absolute Gasteiger partial charge is 0.218 e. The predicted octanol–water partition coefficient (Wildman–Crippen LogP) is 1.07. The molecule has 0 aliphatic heterocycles. The van der Waals surface area contributed by atoms with Gasteiger partial charge in [-0.3, -0.25) is 0 Å². The molecule has 1 aromatic rings. The maximum Gasteiger partial charge on any atom is 0.218 e. The molecule has 6 nitrogen and oxygen atoms in total. The third kappa shape index (κ3) is 5.79. The van der Waals surface area contributed by atoms with E-state index in [1.165, 1.54) is 6.33 Å². The van der Waals surface area contributed by atoms with E-state index in [9.17, 15) is 5.11 Å². The van der Waals surface area contributed by atoms with Gasteiger partial charge in [0.15, 0.2) is 0 Å². The summed E-state index contributed by atoms with van der Waals surface area (Å²) in [5.74, 6) is 1.23. The van der Waals surface area contributed by atoms with E-state index >= 15 is 0 Å². The van der Waals surface area contributed by atoms with Gasteiger partial charge in [0.25, 0.3) is 0 Å². The van der Waals surface area contributed by atoms with Crippen LogP contribution in [-0.4, -0.2) is 47.5 Å². The van der Waals surface area contributed by atoms with Gasteiger partial charge in [-0.2, -0.15) is 0 Å². The van der Waals surface area contributed by atoms with Crippen molar-refractivity contribution in [1.29, 1.82) is 0 Å². The number of ether oxygens (including phenoxy) is 2. The molecule has 0 aliphatic rings. The maximum absolute atomic E-state index is 9.48. The predicted molar refractivity (Wildman–Crippen MR) is 68.8 cm³/mol. The van der Waals surface area contributed by atoms with Gasteiger partial charge in [0.05, 0.1) is 18.8 Å². The van der Waals surface area contributed by atoms with Gasteiger partial charge >= 0.3 is 0 Å². The zero-order valence-corrected chi connectivity index (χ0v) is 11.1. The van der Waals surface area contributed by atoms with Crippen molar-refractivity contribution in [3.05, 3.63) is 12.4 Å². The number of nitrogens with one attached hydrogen (secondary N) is 1. The van der Waals surface area contributed by atoms with E-state index in [1.54, 1.807) is 13.2 Å². The van der Waals surface area contributed by atoms with Gasteiger partial charge in [0.2, 0.25) is 5.88 Å². The number of hydrogen-bond donors (Lipinski definition) is 2. The molecular weight excluding hydrogens is 234 g/mol. The van der Waals surface area contributed by atoms with E-state index in [2.05, 4.69) is 15.3 Å². The number of methoxy groups -OCH3 is 1. The normalized spacial score (nSPS) is 12.5. The lowest BCUT2D eigenvalue weighted by Gasteiger charge is -2.12. The molecule has 102 valence electrons. The van der Waals surface area contributed by atoms with Gasteiger partial charge in [-0.15, -0.1) is 0 Å². The first-order valence-corrected chi connectivity index (χ1v) is 6.01. The molecule has 0 aromatic carbocycles. The second-order valence-corrected chi connectivity index (χ2v) is 4.23. The lowest BCUT2D eigenvalue weighted by atomic mass is 10.2. The molecule has 0 spiro atoms. The Hall–Kier alpha value is -1.40. The van der Waals surface area contributed by atoms with Gasteiger partial charge < -0.3 is 19.9 Å². The fourth-order valence-electron chi connectivity index (χ4n) is 1.38. The van der Waals surface area contributed by atoms with Crippen LogP contribution in [-0.2, 0) is 4.74 Å². The lowest BCUT2D eigenvalue weighted by Crippen LogP contribution is -2.18. The minimum atomic E-state index is -0.462. The Labute approximate surface area is 107 Å². The van der Waals surface area contributed by atoms with Crippen molar-refractivity contribution in [2.24, 2.45) is 0 Å². The summed E-state index contributed by atoms with van der Waals surface area (Å²) in [5, 5.41) is 12.6. The van der Waals surface area contributed by atoms with Crippen LogP contribution in [0.1, 0.15) is 20.3 Å². The third-order valence-corrected chi connectivity index (χ3v) is 2.14. The number of hydrogen-bond acceptors (Lipinski definition) is 6. The zero-order chi connectivity index (χ0) is 13.4. The molecule has 0 radical (unpaired) electrons. The highest BCUT2D eigenvalue weighted by atomic mass is 16.5. The van der Waals surface area contributed by atoms with Crippen LogP contribution < -0.4 is 10.1 Å². The van der Waals surface area contributed by atoms with Crippen molar-refractivity contribution in [3.63, 3.8) is 0 Å². The SMILES string of the molecule is COCC(O)CCNc1cc(OC(C)C)ncn1. The van der Waals surface area contributed by atoms with E-state index < -0.39 is 6.10 Å². The van der Waals surface area contributed by atoms with Crippen LogP contribution in [0.25, 0.3) is 0 Å². The van der Waals surface area contributed by atoms with Crippen molar-refractivity contribution in [3.8, 4) is 5.88 Å². The Balaban J connectivity index is 2.38. The van der Waals surface area contributed by atoms with Crippen molar-refractivity contribution < 1.29 is 14.6 Å². The summed E-state index contributed by atoms with van der Waals surface area (Å²) in [6, 6.07) is 1.74. The number of rotatable bonds is 8. The Bertz CT molecular complexity index is 347. The summed E-state index contributed by atoms with van der Waals surface area (Å²) >= 11 is 0. The molecule has 6 heteroatoms. The van der Waals surface area contributed by atoms with E-state index in [1.807, 2.05) is 13.8 Å². The minimum absolute atomic E-state index is 0.0799. The second-order valence-electron chi connectivity index (χ2n) is 4.23. The molecule has 0 saturated carbocycles. The molecule has 18 heavy (non-hydrogen) atoms. The fraction of sp³-hybridized carbons (Fsp3) is 0.667. The number of anilines is 1. The Kier molecular flexibility index (Phi) is 6.38. The van der Waals surface area contributed by atoms with Crippen LogP contribution in [0.2, 0.25) is 0 Å². The molecule has 0 fully saturated rings. The number of nitrogens with zero attached hydrogens (tertiary/aromatic N) is 2. The largest absolute Gasteiger partial charge is 0.475 e. The summed E-state index contributed by atoms with van der Waals surface area (Å²) in [4.78, 5) is 8.08. The van der Waals surface area contributed by atoms with E-state index in [0.717, 1.165) is 0 Å². The standard InChI is InChI=1S/C12H21N3O3/c1-9(2)18-12-6-11(14-8-15-12)13-5-4-10(16)7-17-3/h6,8-10,16H,4-5,7H2,1-3H3,(H,13,14,15). The second kappa shape index (κ2) is 7.84. The van der Waals surface area contributed by atoms with Gasteiger partial charge in [-0.25, -0.2) is 9.97 Å². The first kappa shape index (κ1) is 14.7. The van der Waals surface area contributed by atoms with Crippen molar-refractivity contribution in [1.82, 2.24) is 9.97 Å². The van der Waals surface area contributed by atoms with Gasteiger partial charge in [-0.1, -0.05) is 0 Å². The molecule has 1 atom stereocenters. The van der Waals surface area contributed by atoms with Crippen LogP contribution in [0, 0.1) is 0 Å². The van der Waals surface area contributed by atoms with Crippen LogP contribution in [0.15, 0.2) is 12.4 Å². The Morgan fingerprint density at radius 2 is 2.17 bits per heavy atom. The lowest BCUT2D eigenvalue weighted by molar-refractivity contribution is 0.0615. The van der Waals surface area contributed by atoms with Gasteiger partial charge in [0, 0.05) is 19.7 Å². The summed E-state index contributed by atoms with van der Waals surface area (Å²) in [6.45, 7) is 4.84. The van der Waals surface area contributed by atoms with Crippen LogP contribution in [0.3, 0.4) is 0 Å². The molecule has 1 heterocycles. The Morgan fingerprint density at radius 1 is 1.39 bits per heavy atom. The van der Waals surface area contributed by atoms with Crippen molar-refractivity contribution >= 4 is 5.82 Å². The third-order valence-electron chi connectivity index (χ3n) is 2.14. The summed E-state index contributed by atoms with van der Waals surface area (Å²) in [5.41, 5.74) is 0. The van der Waals surface area contributed by atoms with E-state index in [4.69, 9.17) is 9.47 Å². The monoisotopic (exact) mass is 255 g/mol. The summed E-state index contributed by atoms with van der Waals surface area (Å²) < 4.78 is 10.3. The van der Waals surface area contributed by atoms with Gasteiger partial charge in [0.1, 0.15) is 12.1 Å². The number of aliphatic hydroxyl groups is 1. The molecule has 1 unspecified atom stereocenters. The average Bonchev–Trinajstić information content (AvgIpc) is 2.29. The number of aromatic nitrogens is 2. The van der Waals surface area contributed by atoms with Crippen molar-refractivity contribution in [2.75, 3.05) is 25.6 Å². The molecular formula is C12H21N3O3. The molecule has 2 N–H and O–H groups in total. The quantitative estimate of drug-likeness (QED) is 0.723. The molecule has 1 aromatic heterocycles. The number of aliphatic hydroxyl groups excluding tert-OH is 1. The van der Waals surface area contributed by atoms with Crippen LogP contribution >= 0.6 is 0 Å². The molecule has 1 rings (SSSR count). The summed E-state index contributed by atoms with van der Waals surface area (Å²) in [6.07, 6.45) is 1.66. The first-order chi connectivity index (χ1) is 8.61. The first-order valence-electron chi connectivity index (χ1n) is 6.01. The maximum atomic E-state index is 9.48. The highest BCUT2D eigenvalue weighted by Crippen LogP contribution is 2.12. The highest BCUT2D eigenvalue weighted by Gasteiger charge is 2.04. The topological polar surface area (TPSA) is 76.5 Å². The molecule has 0 amide bonds. The summed E-state index contributed by atoms with van der Waals surface area (Å²) in [7, 11) is 1.57. The zero-order valence-electron chi connectivity index (χ0n) is 11.1. The molecule has 0 saturated heterocycles. The average molecular weight is 255 g/mol. The minimum Gasteiger partial charge on any atom is -0.475 e. The fourth-order valence-corrected chi connectivity index (χ4v) is 1.38. The van der Waals surface area contributed by atoms with Crippen LogP contribution in [0.5, 0.6) is 5.88 Å². The molecule has 0 aliphatic carbocycles. The van der Waals surface area contributed by atoms with E-state index in [0.29, 0.717) is 31.3 Å². The van der Waals surface area contributed by atoms with Crippen LogP contribution in [0.4, 0.5) is 5.82 Å². The highest BCUT2D eigenvalue weighted by molar-refractivity contribution is 5.36. The van der Waals surface area contributed by atoms with Crippen molar-refractivity contribution in [2.45, 2.75) is 32.5 Å². The Morgan fingerprint density at radius 3 is 2.83 bits per heavy atom.